The maximum atomic E-state index is 12.9. The third-order valence-corrected chi connectivity index (χ3v) is 5.13. The molecule has 0 radical (unpaired) electrons. The first-order chi connectivity index (χ1) is 13.1. The van der Waals surface area contributed by atoms with Crippen LogP contribution in [0.1, 0.15) is 19.3 Å². The first-order valence-corrected chi connectivity index (χ1v) is 9.24. The van der Waals surface area contributed by atoms with Gasteiger partial charge in [-0.05, 0) is 31.4 Å². The fraction of sp³-hybridized carbons (Fsp3) is 0.350. The van der Waals surface area contributed by atoms with Gasteiger partial charge in [0, 0.05) is 38.9 Å². The van der Waals surface area contributed by atoms with E-state index in [0.29, 0.717) is 16.7 Å². The Kier molecular flexibility index (Phi) is 4.43. The van der Waals surface area contributed by atoms with Gasteiger partial charge in [0.15, 0.2) is 5.65 Å². The maximum absolute atomic E-state index is 12.9. The van der Waals surface area contributed by atoms with Gasteiger partial charge >= 0.3 is 5.69 Å². The molecule has 0 spiro atoms. The minimum absolute atomic E-state index is 0.343. The molecule has 0 saturated carbocycles. The van der Waals surface area contributed by atoms with Gasteiger partial charge in [0.2, 0.25) is 0 Å². The van der Waals surface area contributed by atoms with Crippen molar-refractivity contribution in [3.8, 4) is 0 Å². The lowest BCUT2D eigenvalue weighted by Crippen LogP contribution is -2.38. The number of hydrogen-bond acceptors (Lipinski definition) is 5. The Morgan fingerprint density at radius 1 is 0.963 bits per heavy atom. The molecular weight excluding hydrogens is 342 g/mol. The minimum Gasteiger partial charge on any atom is -0.356 e. The van der Waals surface area contributed by atoms with Gasteiger partial charge in [-0.3, -0.25) is 13.9 Å². The number of para-hydroxylation sites is 1. The molecule has 3 aromatic rings. The number of anilines is 3. The molecule has 1 saturated heterocycles. The van der Waals surface area contributed by atoms with Gasteiger partial charge in [-0.25, -0.2) is 9.78 Å². The van der Waals surface area contributed by atoms with Crippen LogP contribution in [-0.2, 0) is 14.1 Å². The number of benzene rings is 1. The van der Waals surface area contributed by atoms with E-state index in [4.69, 9.17) is 4.98 Å². The number of aromatic nitrogens is 3. The molecule has 1 aliphatic heterocycles. The highest BCUT2D eigenvalue weighted by atomic mass is 16.2. The topological polar surface area (TPSA) is 72.2 Å². The third-order valence-electron chi connectivity index (χ3n) is 5.13. The minimum atomic E-state index is -0.374. The molecule has 7 nitrogen and oxygen atoms in total. The van der Waals surface area contributed by atoms with Crippen LogP contribution in [0.3, 0.4) is 0 Å². The summed E-state index contributed by atoms with van der Waals surface area (Å²) in [5, 5.41) is 3.77. The lowest BCUT2D eigenvalue weighted by Gasteiger charge is -2.28. The summed E-state index contributed by atoms with van der Waals surface area (Å²) in [4.78, 5) is 32.2. The Bertz CT molecular complexity index is 1100. The number of pyridine rings is 1. The molecule has 0 amide bonds. The van der Waals surface area contributed by atoms with Gasteiger partial charge in [0.25, 0.3) is 5.56 Å². The molecule has 1 fully saturated rings. The summed E-state index contributed by atoms with van der Waals surface area (Å²) in [7, 11) is 3.15. The zero-order valence-corrected chi connectivity index (χ0v) is 15.6. The van der Waals surface area contributed by atoms with E-state index in [1.54, 1.807) is 7.05 Å². The number of fused-ring (bicyclic) bond motifs is 1. The van der Waals surface area contributed by atoms with Gasteiger partial charge in [0.1, 0.15) is 11.2 Å². The van der Waals surface area contributed by atoms with Crippen molar-refractivity contribution in [2.45, 2.75) is 19.3 Å². The van der Waals surface area contributed by atoms with Crippen molar-refractivity contribution in [3.05, 3.63) is 57.2 Å². The van der Waals surface area contributed by atoms with E-state index < -0.39 is 0 Å². The van der Waals surface area contributed by atoms with E-state index in [1.165, 1.54) is 18.0 Å². The Balaban J connectivity index is 1.97. The number of nitrogens with zero attached hydrogens (tertiary/aromatic N) is 4. The number of piperidine rings is 1. The van der Waals surface area contributed by atoms with E-state index in [1.807, 2.05) is 36.4 Å². The fourth-order valence-corrected chi connectivity index (χ4v) is 3.60. The summed E-state index contributed by atoms with van der Waals surface area (Å²) in [5.74, 6) is 0.795. The summed E-state index contributed by atoms with van der Waals surface area (Å²) in [6.07, 6.45) is 3.46. The average molecular weight is 365 g/mol. The van der Waals surface area contributed by atoms with Crippen LogP contribution in [0, 0.1) is 0 Å². The molecule has 27 heavy (non-hydrogen) atoms. The van der Waals surface area contributed by atoms with Crippen molar-refractivity contribution in [1.82, 2.24) is 14.1 Å². The molecule has 1 N–H and O–H groups in total. The molecule has 3 heterocycles. The largest absolute Gasteiger partial charge is 0.356 e. The van der Waals surface area contributed by atoms with Crippen molar-refractivity contribution in [1.29, 1.82) is 0 Å². The fourth-order valence-electron chi connectivity index (χ4n) is 3.60. The number of rotatable bonds is 3. The number of aryl methyl sites for hydroxylation is 1. The van der Waals surface area contributed by atoms with Gasteiger partial charge in [0.05, 0.1) is 5.69 Å². The van der Waals surface area contributed by atoms with Crippen LogP contribution >= 0.6 is 0 Å². The average Bonchev–Trinajstić information content (AvgIpc) is 2.71. The highest BCUT2D eigenvalue weighted by Crippen LogP contribution is 2.28. The second kappa shape index (κ2) is 6.90. The van der Waals surface area contributed by atoms with Crippen molar-refractivity contribution in [3.63, 3.8) is 0 Å². The Morgan fingerprint density at radius 2 is 1.67 bits per heavy atom. The summed E-state index contributed by atoms with van der Waals surface area (Å²) in [6.45, 7) is 1.87. The molecule has 1 aromatic carbocycles. The SMILES string of the molecule is Cn1c(=O)c2c(Nc3ccccc3)cc(N3CCCCC3)nc2n(C)c1=O. The summed E-state index contributed by atoms with van der Waals surface area (Å²) < 4.78 is 2.57. The van der Waals surface area contributed by atoms with Crippen LogP contribution in [0.25, 0.3) is 11.0 Å². The Labute approximate surface area is 156 Å². The van der Waals surface area contributed by atoms with Gasteiger partial charge in [-0.15, -0.1) is 0 Å². The standard InChI is InChI=1S/C20H23N5O2/c1-23-18-17(19(26)24(2)20(23)27)15(21-14-9-5-3-6-10-14)13-16(22-18)25-11-7-4-8-12-25/h3,5-6,9-10,13H,4,7-8,11-12H2,1-2H3,(H,21,22). The predicted octanol–water partition coefficient (Wildman–Crippen LogP) is 2.37. The van der Waals surface area contributed by atoms with Crippen molar-refractivity contribution in [2.75, 3.05) is 23.3 Å². The second-order valence-electron chi connectivity index (χ2n) is 6.97. The summed E-state index contributed by atoms with van der Waals surface area (Å²) in [6, 6.07) is 11.6. The van der Waals surface area contributed by atoms with Crippen LogP contribution < -0.4 is 21.5 Å². The quantitative estimate of drug-likeness (QED) is 0.771. The van der Waals surface area contributed by atoms with Crippen LogP contribution in [-0.4, -0.2) is 27.2 Å². The predicted molar refractivity (Wildman–Crippen MR) is 108 cm³/mol. The summed E-state index contributed by atoms with van der Waals surface area (Å²) in [5.41, 5.74) is 1.24. The molecule has 7 heteroatoms. The van der Waals surface area contributed by atoms with Crippen LogP contribution in [0.5, 0.6) is 0 Å². The summed E-state index contributed by atoms with van der Waals surface area (Å²) >= 11 is 0. The van der Waals surface area contributed by atoms with E-state index >= 15 is 0 Å². The highest BCUT2D eigenvalue weighted by molar-refractivity contribution is 5.92. The van der Waals surface area contributed by atoms with Gasteiger partial charge in [-0.1, -0.05) is 18.2 Å². The molecule has 2 aromatic heterocycles. The lowest BCUT2D eigenvalue weighted by atomic mass is 10.1. The third kappa shape index (κ3) is 3.09. The van der Waals surface area contributed by atoms with Crippen molar-refractivity contribution >= 4 is 28.2 Å². The molecule has 0 atom stereocenters. The van der Waals surface area contributed by atoms with Gasteiger partial charge in [-0.2, -0.15) is 0 Å². The first-order valence-electron chi connectivity index (χ1n) is 9.24. The molecule has 140 valence electrons. The Morgan fingerprint density at radius 3 is 2.37 bits per heavy atom. The van der Waals surface area contributed by atoms with E-state index in [2.05, 4.69) is 10.2 Å². The molecule has 4 rings (SSSR count). The van der Waals surface area contributed by atoms with Crippen molar-refractivity contribution in [2.24, 2.45) is 14.1 Å². The molecule has 0 aliphatic carbocycles. The van der Waals surface area contributed by atoms with E-state index in [0.717, 1.165) is 42.0 Å². The number of nitrogens with one attached hydrogen (secondary N) is 1. The van der Waals surface area contributed by atoms with Crippen LogP contribution in [0.4, 0.5) is 17.2 Å². The maximum Gasteiger partial charge on any atom is 0.332 e. The van der Waals surface area contributed by atoms with E-state index in [9.17, 15) is 9.59 Å². The normalized spacial score (nSPS) is 14.5. The second-order valence-corrected chi connectivity index (χ2v) is 6.97. The smallest absolute Gasteiger partial charge is 0.332 e. The first kappa shape index (κ1) is 17.3. The van der Waals surface area contributed by atoms with Crippen molar-refractivity contribution < 1.29 is 0 Å². The molecule has 1 aliphatic rings. The Hall–Kier alpha value is -3.09. The highest BCUT2D eigenvalue weighted by Gasteiger charge is 2.19. The molecule has 0 bridgehead atoms. The molecular formula is C20H23N5O2. The monoisotopic (exact) mass is 365 g/mol. The zero-order valence-electron chi connectivity index (χ0n) is 15.6. The van der Waals surface area contributed by atoms with Gasteiger partial charge < -0.3 is 10.2 Å². The zero-order chi connectivity index (χ0) is 19.0. The lowest BCUT2D eigenvalue weighted by molar-refractivity contribution is 0.573. The number of hydrogen-bond donors (Lipinski definition) is 1. The van der Waals surface area contributed by atoms with E-state index in [-0.39, 0.29) is 11.2 Å². The van der Waals surface area contributed by atoms with Crippen LogP contribution in [0.15, 0.2) is 46.0 Å². The van der Waals surface area contributed by atoms with Crippen LogP contribution in [0.2, 0.25) is 0 Å². The molecule has 0 unspecified atom stereocenters.